The molecule has 4 heteroatoms. The van der Waals surface area contributed by atoms with Crippen molar-refractivity contribution in [3.63, 3.8) is 0 Å². The molecule has 0 bridgehead atoms. The maximum Gasteiger partial charge on any atom is 0.0991 e. The summed E-state index contributed by atoms with van der Waals surface area (Å²) in [5.74, 6) is 0. The number of benzene rings is 5. The van der Waals surface area contributed by atoms with E-state index in [1.807, 2.05) is 53.3 Å². The third-order valence-corrected chi connectivity index (χ3v) is 6.81. The third kappa shape index (κ3) is 3.11. The van der Waals surface area contributed by atoms with E-state index in [9.17, 15) is 0 Å². The number of rotatable bonds is 3. The maximum atomic E-state index is 9.15. The highest BCUT2D eigenvalue weighted by atomic mass is 15.3. The van der Waals surface area contributed by atoms with Crippen LogP contribution < -0.4 is 0 Å². The van der Waals surface area contributed by atoms with Crippen molar-refractivity contribution in [1.29, 1.82) is 5.26 Å². The van der Waals surface area contributed by atoms with Gasteiger partial charge in [0.15, 0.2) is 0 Å². The van der Waals surface area contributed by atoms with Crippen LogP contribution in [-0.4, -0.2) is 14.3 Å². The average molecular weight is 461 g/mol. The van der Waals surface area contributed by atoms with Crippen LogP contribution in [0.1, 0.15) is 5.56 Å². The lowest BCUT2D eigenvalue weighted by Gasteiger charge is -2.11. The van der Waals surface area contributed by atoms with E-state index in [0.29, 0.717) is 5.56 Å². The topological polar surface area (TPSA) is 46.5 Å². The first-order valence-electron chi connectivity index (χ1n) is 11.9. The van der Waals surface area contributed by atoms with Crippen molar-refractivity contribution >= 4 is 32.7 Å². The Morgan fingerprint density at radius 1 is 0.583 bits per heavy atom. The molecule has 7 aromatic rings. The van der Waals surface area contributed by atoms with Gasteiger partial charge in [-0.3, -0.25) is 0 Å². The van der Waals surface area contributed by atoms with Crippen molar-refractivity contribution in [2.45, 2.75) is 0 Å². The second-order valence-corrected chi connectivity index (χ2v) is 8.91. The summed E-state index contributed by atoms with van der Waals surface area (Å²) in [7, 11) is 0. The van der Waals surface area contributed by atoms with E-state index in [2.05, 4.69) is 83.4 Å². The van der Waals surface area contributed by atoms with Gasteiger partial charge in [0.2, 0.25) is 0 Å². The molecule has 0 fully saturated rings. The van der Waals surface area contributed by atoms with Gasteiger partial charge in [-0.25, -0.2) is 4.68 Å². The van der Waals surface area contributed by atoms with Crippen molar-refractivity contribution < 1.29 is 0 Å². The molecule has 0 atom stereocenters. The Morgan fingerprint density at radius 2 is 1.36 bits per heavy atom. The maximum absolute atomic E-state index is 9.15. The zero-order valence-electron chi connectivity index (χ0n) is 19.3. The summed E-state index contributed by atoms with van der Waals surface area (Å²) in [4.78, 5) is 0. The SMILES string of the molecule is N#Cc1ccc(-c2cccc(-n3c4ccccc4c4cc5c(cnn5-c5ccccc5)cc43)c2)cc1. The van der Waals surface area contributed by atoms with Crippen molar-refractivity contribution in [2.75, 3.05) is 0 Å². The second-order valence-electron chi connectivity index (χ2n) is 8.91. The quantitative estimate of drug-likeness (QED) is 0.272. The zero-order chi connectivity index (χ0) is 24.1. The van der Waals surface area contributed by atoms with Gasteiger partial charge in [-0.1, -0.05) is 60.7 Å². The van der Waals surface area contributed by atoms with Gasteiger partial charge in [-0.15, -0.1) is 0 Å². The molecule has 0 unspecified atom stereocenters. The molecule has 2 heterocycles. The van der Waals surface area contributed by atoms with E-state index < -0.39 is 0 Å². The van der Waals surface area contributed by atoms with Crippen molar-refractivity contribution in [2.24, 2.45) is 0 Å². The van der Waals surface area contributed by atoms with Gasteiger partial charge in [0, 0.05) is 21.8 Å². The molecule has 168 valence electrons. The predicted octanol–water partition coefficient (Wildman–Crippen LogP) is 7.66. The number of hydrogen-bond acceptors (Lipinski definition) is 2. The normalized spacial score (nSPS) is 11.3. The monoisotopic (exact) mass is 460 g/mol. The lowest BCUT2D eigenvalue weighted by molar-refractivity contribution is 0.911. The van der Waals surface area contributed by atoms with Crippen LogP contribution in [0.3, 0.4) is 0 Å². The van der Waals surface area contributed by atoms with Gasteiger partial charge in [0.25, 0.3) is 0 Å². The van der Waals surface area contributed by atoms with Crippen LogP contribution in [-0.2, 0) is 0 Å². The standard InChI is InChI=1S/C32H20N4/c33-20-22-13-15-23(16-14-22)24-7-6-10-27(17-24)35-30-12-5-4-11-28(30)29-19-31-25(18-32(29)35)21-34-36(31)26-8-2-1-3-9-26/h1-19,21H. The Kier molecular flexibility index (Phi) is 4.48. The summed E-state index contributed by atoms with van der Waals surface area (Å²) >= 11 is 0. The van der Waals surface area contributed by atoms with Crippen LogP contribution in [0.25, 0.3) is 55.2 Å². The Balaban J connectivity index is 1.47. The number of nitrogens with zero attached hydrogens (tertiary/aromatic N) is 4. The Morgan fingerprint density at radius 3 is 2.19 bits per heavy atom. The van der Waals surface area contributed by atoms with Crippen LogP contribution in [0.15, 0.2) is 121 Å². The number of fused-ring (bicyclic) bond motifs is 4. The van der Waals surface area contributed by atoms with E-state index in [1.54, 1.807) is 0 Å². The summed E-state index contributed by atoms with van der Waals surface area (Å²) in [6, 6.07) is 41.8. The summed E-state index contributed by atoms with van der Waals surface area (Å²) in [5, 5.41) is 17.4. The van der Waals surface area contributed by atoms with Crippen LogP contribution >= 0.6 is 0 Å². The van der Waals surface area contributed by atoms with Gasteiger partial charge < -0.3 is 4.57 Å². The van der Waals surface area contributed by atoms with Crippen LogP contribution in [0.5, 0.6) is 0 Å². The van der Waals surface area contributed by atoms with E-state index in [-0.39, 0.29) is 0 Å². The smallest absolute Gasteiger partial charge is 0.0991 e. The van der Waals surface area contributed by atoms with E-state index >= 15 is 0 Å². The first-order valence-corrected chi connectivity index (χ1v) is 11.9. The third-order valence-electron chi connectivity index (χ3n) is 6.81. The molecule has 0 aliphatic carbocycles. The zero-order valence-corrected chi connectivity index (χ0v) is 19.3. The van der Waals surface area contributed by atoms with Crippen LogP contribution in [0, 0.1) is 11.3 Å². The first kappa shape index (κ1) is 20.3. The summed E-state index contributed by atoms with van der Waals surface area (Å²) < 4.78 is 4.34. The second kappa shape index (κ2) is 7.97. The Labute approximate surface area is 207 Å². The van der Waals surface area contributed by atoms with E-state index in [1.165, 1.54) is 10.8 Å². The summed E-state index contributed by atoms with van der Waals surface area (Å²) in [6.45, 7) is 0. The van der Waals surface area contributed by atoms with Gasteiger partial charge in [0.1, 0.15) is 0 Å². The Bertz CT molecular complexity index is 1930. The van der Waals surface area contributed by atoms with Gasteiger partial charge in [-0.2, -0.15) is 10.4 Å². The molecule has 0 N–H and O–H groups in total. The van der Waals surface area contributed by atoms with Crippen molar-refractivity contribution in [1.82, 2.24) is 14.3 Å². The Hall–Kier alpha value is -5.14. The molecule has 2 aromatic heterocycles. The highest BCUT2D eigenvalue weighted by Crippen LogP contribution is 2.36. The van der Waals surface area contributed by atoms with Gasteiger partial charge in [0.05, 0.1) is 40.1 Å². The highest BCUT2D eigenvalue weighted by molar-refractivity contribution is 6.13. The number of aromatic nitrogens is 3. The van der Waals surface area contributed by atoms with Crippen molar-refractivity contribution in [3.8, 4) is 28.6 Å². The first-order chi connectivity index (χ1) is 17.8. The lowest BCUT2D eigenvalue weighted by Crippen LogP contribution is -1.96. The van der Waals surface area contributed by atoms with Gasteiger partial charge in [-0.05, 0) is 65.7 Å². The fourth-order valence-corrected chi connectivity index (χ4v) is 5.10. The fraction of sp³-hybridized carbons (Fsp3) is 0. The lowest BCUT2D eigenvalue weighted by atomic mass is 10.0. The van der Waals surface area contributed by atoms with Crippen LogP contribution in [0.2, 0.25) is 0 Å². The average Bonchev–Trinajstić information content (AvgIpc) is 3.51. The van der Waals surface area contributed by atoms with Gasteiger partial charge >= 0.3 is 0 Å². The molecular weight excluding hydrogens is 440 g/mol. The van der Waals surface area contributed by atoms with E-state index in [4.69, 9.17) is 10.4 Å². The summed E-state index contributed by atoms with van der Waals surface area (Å²) in [5.41, 5.74) is 8.40. The molecule has 0 aliphatic heterocycles. The fourth-order valence-electron chi connectivity index (χ4n) is 5.10. The molecule has 5 aromatic carbocycles. The molecule has 0 radical (unpaired) electrons. The predicted molar refractivity (Wildman–Crippen MR) is 146 cm³/mol. The molecule has 4 nitrogen and oxygen atoms in total. The minimum atomic E-state index is 0.664. The molecule has 0 saturated heterocycles. The van der Waals surface area contributed by atoms with Crippen molar-refractivity contribution in [3.05, 3.63) is 127 Å². The molecule has 0 aliphatic rings. The molecule has 7 rings (SSSR count). The van der Waals surface area contributed by atoms with Crippen LogP contribution in [0.4, 0.5) is 0 Å². The molecule has 0 saturated carbocycles. The number of para-hydroxylation sites is 2. The molecule has 0 spiro atoms. The number of hydrogen-bond donors (Lipinski definition) is 0. The van der Waals surface area contributed by atoms with E-state index in [0.717, 1.165) is 44.4 Å². The number of nitriles is 1. The molecule has 0 amide bonds. The minimum Gasteiger partial charge on any atom is -0.309 e. The molecule has 36 heavy (non-hydrogen) atoms. The molecular formula is C32H20N4. The largest absolute Gasteiger partial charge is 0.309 e. The highest BCUT2D eigenvalue weighted by Gasteiger charge is 2.16. The summed E-state index contributed by atoms with van der Waals surface area (Å²) in [6.07, 6.45) is 1.94. The minimum absolute atomic E-state index is 0.664.